The zero-order valence-corrected chi connectivity index (χ0v) is 30.0. The summed E-state index contributed by atoms with van der Waals surface area (Å²) in [6, 6.07) is 12.6. The molecule has 9 nitrogen and oxygen atoms in total. The number of carbonyl (C=O) groups is 1. The monoisotopic (exact) mass is 680 g/mol. The number of piperazine rings is 1. The third kappa shape index (κ3) is 5.45. The van der Waals surface area contributed by atoms with E-state index >= 15 is 0 Å². The van der Waals surface area contributed by atoms with Gasteiger partial charge in [0.1, 0.15) is 16.7 Å². The molecule has 5 unspecified atom stereocenters. The average molecular weight is 681 g/mol. The number of hydrogen-bond acceptors (Lipinski definition) is 6. The first-order valence-electron chi connectivity index (χ1n) is 17.2. The van der Waals surface area contributed by atoms with Gasteiger partial charge in [0.15, 0.2) is 0 Å². The number of nitrogens with one attached hydrogen (secondary N) is 1. The summed E-state index contributed by atoms with van der Waals surface area (Å²) in [4.78, 5) is 15.8. The summed E-state index contributed by atoms with van der Waals surface area (Å²) in [6.07, 6.45) is 6.60. The molecule has 3 heterocycles. The molecule has 0 radical (unpaired) electrons. The fraction of sp³-hybridized carbons (Fsp3) is 0.583. The topological polar surface area (TPSA) is 101 Å². The Morgan fingerprint density at radius 1 is 1.04 bits per heavy atom. The van der Waals surface area contributed by atoms with E-state index in [-0.39, 0.29) is 5.92 Å². The van der Waals surface area contributed by atoms with Crippen LogP contribution in [0.3, 0.4) is 0 Å². The highest BCUT2D eigenvalue weighted by molar-refractivity contribution is 7.90. The van der Waals surface area contributed by atoms with E-state index in [4.69, 9.17) is 4.74 Å². The number of carbonyl (C=O) groups excluding carboxylic acids is 1. The van der Waals surface area contributed by atoms with Gasteiger partial charge in [0.25, 0.3) is 5.91 Å². The average Bonchev–Trinajstić information content (AvgIpc) is 3.72. The highest BCUT2D eigenvalue weighted by Crippen LogP contribution is 2.63. The van der Waals surface area contributed by atoms with E-state index in [1.165, 1.54) is 30.4 Å². The number of sulfonamides is 1. The van der Waals surface area contributed by atoms with Crippen molar-refractivity contribution in [2.24, 2.45) is 0 Å². The first kappa shape index (κ1) is 32.8. The van der Waals surface area contributed by atoms with Gasteiger partial charge in [-0.15, -0.1) is 0 Å². The van der Waals surface area contributed by atoms with E-state index < -0.39 is 36.9 Å². The lowest BCUT2D eigenvalue weighted by molar-refractivity contribution is 0.0981. The van der Waals surface area contributed by atoms with Gasteiger partial charge < -0.3 is 9.30 Å². The molecule has 1 aromatic heterocycles. The van der Waals surface area contributed by atoms with Gasteiger partial charge in [0, 0.05) is 59.7 Å². The number of ether oxygens (including phenoxy) is 1. The minimum atomic E-state index is -3.80. The first-order valence-corrected chi connectivity index (χ1v) is 19.8. The molecule has 11 heteroatoms. The fourth-order valence-corrected chi connectivity index (χ4v) is 11.1. The molecule has 47 heavy (non-hydrogen) atoms. The standard InChI is InChI=1S/C36H48N4O5S2/c1-22(2)47(43,44)37-35(41)26-12-14-29-32(16-26)40-21-36(46(42)39-19-23(3)38(5)24(4)20-39)18-31(36)30-17-27(45-6)13-15-28(30)34(40)33(29)25-10-8-7-9-11-25/h12-17,22-25,31H,7-11,18-21H2,1-6H3,(H,37,41). The Balaban J connectivity index is 1.42. The molecule has 4 aliphatic rings. The van der Waals surface area contributed by atoms with Gasteiger partial charge in [-0.1, -0.05) is 25.3 Å². The molecule has 2 aliphatic carbocycles. The predicted octanol–water partition coefficient (Wildman–Crippen LogP) is 5.76. The van der Waals surface area contributed by atoms with Crippen molar-refractivity contribution < 1.29 is 22.2 Å². The second-order valence-electron chi connectivity index (χ2n) is 14.7. The molecule has 254 valence electrons. The summed E-state index contributed by atoms with van der Waals surface area (Å²) < 4.78 is 52.3. The Bertz CT molecular complexity index is 1850. The number of likely N-dealkylation sites (N-methyl/N-ethyl adjacent to an activating group) is 1. The summed E-state index contributed by atoms with van der Waals surface area (Å²) in [6.45, 7) is 9.57. The van der Waals surface area contributed by atoms with Crippen LogP contribution < -0.4 is 9.46 Å². The number of rotatable bonds is 7. The van der Waals surface area contributed by atoms with E-state index in [9.17, 15) is 17.4 Å². The van der Waals surface area contributed by atoms with Crippen LogP contribution in [0, 0.1) is 0 Å². The molecule has 1 N–H and O–H groups in total. The van der Waals surface area contributed by atoms with Gasteiger partial charge in [0.2, 0.25) is 10.0 Å². The largest absolute Gasteiger partial charge is 0.497 e. The minimum Gasteiger partial charge on any atom is -0.497 e. The molecule has 7 rings (SSSR count). The highest BCUT2D eigenvalue weighted by Gasteiger charge is 2.63. The lowest BCUT2D eigenvalue weighted by atomic mass is 9.81. The second-order valence-corrected chi connectivity index (χ2v) is 18.7. The van der Waals surface area contributed by atoms with Crippen molar-refractivity contribution >= 4 is 37.8 Å². The first-order chi connectivity index (χ1) is 22.4. The number of amides is 1. The highest BCUT2D eigenvalue weighted by atomic mass is 32.2. The van der Waals surface area contributed by atoms with Crippen molar-refractivity contribution in [3.05, 3.63) is 53.1 Å². The summed E-state index contributed by atoms with van der Waals surface area (Å²) in [5.41, 5.74) is 6.00. The Hall–Kier alpha value is -2.73. The quantitative estimate of drug-likeness (QED) is 0.341. The Kier molecular flexibility index (Phi) is 8.37. The van der Waals surface area contributed by atoms with Crippen LogP contribution in [0.5, 0.6) is 5.75 Å². The normalized spacial score (nSPS) is 27.5. The molecular weight excluding hydrogens is 633 g/mol. The number of methoxy groups -OCH3 is 1. The maximum absolute atomic E-state index is 14.9. The van der Waals surface area contributed by atoms with Gasteiger partial charge in [-0.3, -0.25) is 9.69 Å². The van der Waals surface area contributed by atoms with Crippen LogP contribution in [-0.4, -0.2) is 81.6 Å². The smallest absolute Gasteiger partial charge is 0.264 e. The van der Waals surface area contributed by atoms with Crippen LogP contribution in [0.15, 0.2) is 36.4 Å². The molecule has 2 saturated carbocycles. The van der Waals surface area contributed by atoms with Crippen molar-refractivity contribution in [1.82, 2.24) is 18.5 Å². The number of nitrogens with zero attached hydrogens (tertiary/aromatic N) is 3. The molecule has 5 atom stereocenters. The van der Waals surface area contributed by atoms with Gasteiger partial charge in [-0.2, -0.15) is 0 Å². The second kappa shape index (κ2) is 12.0. The molecule has 3 fully saturated rings. The van der Waals surface area contributed by atoms with E-state index in [2.05, 4.69) is 51.5 Å². The molecule has 2 aromatic carbocycles. The Labute approximate surface area is 281 Å². The molecule has 1 amide bonds. The van der Waals surface area contributed by atoms with E-state index in [1.807, 2.05) is 18.2 Å². The summed E-state index contributed by atoms with van der Waals surface area (Å²) in [5.74, 6) is 0.646. The summed E-state index contributed by atoms with van der Waals surface area (Å²) >= 11 is 0. The fourth-order valence-electron chi connectivity index (χ4n) is 8.37. The van der Waals surface area contributed by atoms with Gasteiger partial charge >= 0.3 is 0 Å². The van der Waals surface area contributed by atoms with Gasteiger partial charge in [0.05, 0.1) is 22.8 Å². The lowest BCUT2D eigenvalue weighted by Gasteiger charge is -2.42. The zero-order valence-electron chi connectivity index (χ0n) is 28.4. The van der Waals surface area contributed by atoms with E-state index in [1.54, 1.807) is 27.0 Å². The molecule has 0 bridgehead atoms. The molecule has 2 aliphatic heterocycles. The van der Waals surface area contributed by atoms with Crippen LogP contribution in [0.25, 0.3) is 22.2 Å². The molecule has 0 spiro atoms. The third-order valence-corrected chi connectivity index (χ3v) is 15.2. The van der Waals surface area contributed by atoms with Gasteiger partial charge in [-0.25, -0.2) is 21.7 Å². The minimum absolute atomic E-state index is 0.107. The van der Waals surface area contributed by atoms with Crippen LogP contribution in [-0.2, 0) is 27.6 Å². The van der Waals surface area contributed by atoms with Crippen LogP contribution >= 0.6 is 0 Å². The summed E-state index contributed by atoms with van der Waals surface area (Å²) in [5, 5.41) is 0.367. The number of benzene rings is 2. The maximum atomic E-state index is 14.9. The third-order valence-electron chi connectivity index (χ3n) is 11.5. The van der Waals surface area contributed by atoms with Crippen LogP contribution in [0.1, 0.15) is 99.5 Å². The number of aromatic nitrogens is 1. The molecule has 1 saturated heterocycles. The van der Waals surface area contributed by atoms with Crippen molar-refractivity contribution in [2.75, 3.05) is 27.2 Å². The zero-order chi connectivity index (χ0) is 33.4. The van der Waals surface area contributed by atoms with Crippen LogP contribution in [0.2, 0.25) is 0 Å². The SMILES string of the molecule is COc1ccc2c(c1)C1CC1(S(=O)N1CC(C)N(C)C(C)C1)Cn1c-2c(C2CCCCC2)c2ccc(C(=O)NS(=O)(=O)C(C)C)cc21. The Morgan fingerprint density at radius 2 is 1.74 bits per heavy atom. The number of fused-ring (bicyclic) bond motifs is 7. The maximum Gasteiger partial charge on any atom is 0.264 e. The van der Waals surface area contributed by atoms with Crippen molar-refractivity contribution in [1.29, 1.82) is 0 Å². The lowest BCUT2D eigenvalue weighted by Crippen LogP contribution is -2.57. The predicted molar refractivity (Wildman–Crippen MR) is 188 cm³/mol. The van der Waals surface area contributed by atoms with Crippen molar-refractivity contribution in [3.63, 3.8) is 0 Å². The Morgan fingerprint density at radius 3 is 2.40 bits per heavy atom. The van der Waals surface area contributed by atoms with E-state index in [0.717, 1.165) is 60.3 Å². The van der Waals surface area contributed by atoms with Crippen molar-refractivity contribution in [2.45, 2.75) is 107 Å². The van der Waals surface area contributed by atoms with Gasteiger partial charge in [-0.05, 0) is 101 Å². The molecule has 3 aromatic rings. The number of hydrogen-bond donors (Lipinski definition) is 1. The van der Waals surface area contributed by atoms with Crippen LogP contribution in [0.4, 0.5) is 0 Å². The molecular formula is C36H48N4O5S2. The van der Waals surface area contributed by atoms with Crippen molar-refractivity contribution in [3.8, 4) is 17.0 Å². The van der Waals surface area contributed by atoms with E-state index in [0.29, 0.717) is 30.1 Å². The summed E-state index contributed by atoms with van der Waals surface area (Å²) in [7, 11) is -1.22.